The number of benzene rings is 2. The summed E-state index contributed by atoms with van der Waals surface area (Å²) in [5.74, 6) is -1.36. The molecule has 0 unspecified atom stereocenters. The third kappa shape index (κ3) is 9.18. The van der Waals surface area contributed by atoms with Crippen LogP contribution in [0.3, 0.4) is 0 Å². The molecule has 0 spiro atoms. The Balaban J connectivity index is 0.795. The van der Waals surface area contributed by atoms with Gasteiger partial charge in [-0.3, -0.25) is 19.8 Å². The van der Waals surface area contributed by atoms with Crippen LogP contribution in [0.2, 0.25) is 0 Å². The molecular weight excluding hydrogens is 802 g/mol. The molecule has 3 saturated heterocycles. The zero-order chi connectivity index (χ0) is 42.8. The van der Waals surface area contributed by atoms with Crippen LogP contribution in [0.25, 0.3) is 0 Å². The molecule has 0 aliphatic carbocycles. The van der Waals surface area contributed by atoms with Gasteiger partial charge in [0.1, 0.15) is 23.8 Å². The number of piperidine rings is 2. The van der Waals surface area contributed by atoms with Crippen molar-refractivity contribution in [2.75, 3.05) is 65.8 Å². The largest absolute Gasteiger partial charge is 0.417 e. The van der Waals surface area contributed by atoms with Gasteiger partial charge in [-0.05, 0) is 86.6 Å². The van der Waals surface area contributed by atoms with Gasteiger partial charge in [-0.15, -0.1) is 0 Å². The second-order valence-corrected chi connectivity index (χ2v) is 15.7. The Kier molecular flexibility index (Phi) is 11.7. The first kappa shape index (κ1) is 41.3. The minimum absolute atomic E-state index is 0.115. The van der Waals surface area contributed by atoms with E-state index in [1.54, 1.807) is 23.1 Å². The second-order valence-electron chi connectivity index (χ2n) is 15.7. The molecule has 3 N–H and O–H groups in total. The van der Waals surface area contributed by atoms with E-state index in [-0.39, 0.29) is 42.8 Å². The van der Waals surface area contributed by atoms with Crippen LogP contribution in [0.4, 0.5) is 55.4 Å². The number of likely N-dealkylation sites (tertiary alicyclic amines) is 1. The Morgan fingerprint density at radius 3 is 2.36 bits per heavy atom. The number of halogens is 5. The predicted molar refractivity (Wildman–Crippen MR) is 214 cm³/mol. The molecule has 3 fully saturated rings. The maximum absolute atomic E-state index is 15.3. The van der Waals surface area contributed by atoms with E-state index in [1.165, 1.54) is 35.5 Å². The van der Waals surface area contributed by atoms with Crippen LogP contribution in [0.5, 0.6) is 0 Å². The van der Waals surface area contributed by atoms with Gasteiger partial charge in [0.2, 0.25) is 11.9 Å². The van der Waals surface area contributed by atoms with Crippen LogP contribution in [0, 0.1) is 29.0 Å². The summed E-state index contributed by atoms with van der Waals surface area (Å²) >= 11 is 0. The number of hydrogen-bond donors (Lipinski definition) is 3. The minimum Gasteiger partial charge on any atom is -0.369 e. The lowest BCUT2D eigenvalue weighted by atomic mass is 9.94. The van der Waals surface area contributed by atoms with Gasteiger partial charge in [0, 0.05) is 75.2 Å². The Hall–Kier alpha value is -6.42. The van der Waals surface area contributed by atoms with Crippen molar-refractivity contribution in [1.29, 1.82) is 5.26 Å². The molecule has 0 saturated carbocycles. The number of nitrogens with zero attached hydrogens (tertiary/aromatic N) is 8. The van der Waals surface area contributed by atoms with Gasteiger partial charge in [0.25, 0.3) is 5.91 Å². The van der Waals surface area contributed by atoms with Gasteiger partial charge < -0.3 is 25.3 Å². The summed E-state index contributed by atoms with van der Waals surface area (Å²) < 4.78 is 71.3. The van der Waals surface area contributed by atoms with Crippen molar-refractivity contribution in [2.24, 2.45) is 5.92 Å². The predicted octanol–water partition coefficient (Wildman–Crippen LogP) is 5.90. The molecule has 61 heavy (non-hydrogen) atoms. The van der Waals surface area contributed by atoms with E-state index in [0.29, 0.717) is 79.0 Å². The highest BCUT2D eigenvalue weighted by Gasteiger charge is 2.35. The summed E-state index contributed by atoms with van der Waals surface area (Å²) in [6, 6.07) is 12.1. The van der Waals surface area contributed by atoms with E-state index >= 15 is 8.78 Å². The van der Waals surface area contributed by atoms with Gasteiger partial charge in [0.05, 0.1) is 40.7 Å². The first-order chi connectivity index (χ1) is 29.3. The minimum atomic E-state index is -4.68. The van der Waals surface area contributed by atoms with Gasteiger partial charge in [-0.1, -0.05) is 0 Å². The van der Waals surface area contributed by atoms with Crippen molar-refractivity contribution in [2.45, 2.75) is 57.3 Å². The number of imide groups is 1. The fourth-order valence-electron chi connectivity index (χ4n) is 8.51. The van der Waals surface area contributed by atoms with E-state index in [2.05, 4.69) is 35.8 Å². The van der Waals surface area contributed by atoms with E-state index in [4.69, 9.17) is 5.26 Å². The molecule has 4 aromatic rings. The molecule has 4 aliphatic heterocycles. The van der Waals surface area contributed by atoms with Crippen LogP contribution in [0.15, 0.2) is 54.9 Å². The number of carbonyl (C=O) groups is 3. The molecule has 6 heterocycles. The lowest BCUT2D eigenvalue weighted by molar-refractivity contribution is -0.137. The number of alkyl halides is 3. The number of nitriles is 1. The molecular formula is C42H42F5N11O3. The number of hydrogen-bond acceptors (Lipinski definition) is 11. The summed E-state index contributed by atoms with van der Waals surface area (Å²) in [5, 5.41) is 17.4. The van der Waals surface area contributed by atoms with Crippen molar-refractivity contribution >= 4 is 46.5 Å². The van der Waals surface area contributed by atoms with E-state index in [9.17, 15) is 27.6 Å². The molecule has 19 heteroatoms. The third-order valence-corrected chi connectivity index (χ3v) is 11.8. The van der Waals surface area contributed by atoms with Gasteiger partial charge >= 0.3 is 12.2 Å². The molecule has 8 rings (SSSR count). The maximum Gasteiger partial charge on any atom is 0.417 e. The molecule has 2 aromatic carbocycles. The molecule has 318 valence electrons. The normalized spacial score (nSPS) is 18.1. The summed E-state index contributed by atoms with van der Waals surface area (Å²) in [6.07, 6.45) is 0.321. The molecule has 4 aliphatic rings. The number of pyridine rings is 1. The number of anilines is 5. The summed E-state index contributed by atoms with van der Waals surface area (Å²) in [5.41, 5.74) is 0.811. The average Bonchev–Trinajstić information content (AvgIpc) is 3.24. The lowest BCUT2D eigenvalue weighted by Crippen LogP contribution is -2.49. The summed E-state index contributed by atoms with van der Waals surface area (Å²) in [6.45, 7) is 4.54. The fourth-order valence-corrected chi connectivity index (χ4v) is 8.51. The number of rotatable bonds is 9. The summed E-state index contributed by atoms with van der Waals surface area (Å²) in [4.78, 5) is 56.9. The first-order valence-corrected chi connectivity index (χ1v) is 20.1. The number of nitrogens with one attached hydrogen (secondary N) is 3. The lowest BCUT2D eigenvalue weighted by Gasteiger charge is -2.38. The number of amides is 4. The Labute approximate surface area is 347 Å². The van der Waals surface area contributed by atoms with E-state index in [1.807, 2.05) is 4.90 Å². The van der Waals surface area contributed by atoms with Crippen molar-refractivity contribution < 1.29 is 36.3 Å². The zero-order valence-corrected chi connectivity index (χ0v) is 32.9. The molecule has 0 bridgehead atoms. The zero-order valence-electron chi connectivity index (χ0n) is 32.9. The summed E-state index contributed by atoms with van der Waals surface area (Å²) in [7, 11) is 0. The quantitative estimate of drug-likeness (QED) is 0.136. The van der Waals surface area contributed by atoms with Crippen LogP contribution in [-0.4, -0.2) is 89.6 Å². The van der Waals surface area contributed by atoms with Gasteiger partial charge in [0.15, 0.2) is 0 Å². The number of carbonyl (C=O) groups excluding carboxylic acids is 3. The Morgan fingerprint density at radius 2 is 1.66 bits per heavy atom. The molecule has 4 amide bonds. The SMILES string of the molecule is N#Cc1ccc(N2CCc3c(ncnc3Nc3ccc(C(=O)NC4CCN(CC5CCN(c6ccc(N7CCC(=O)NC7=O)cc6F)CC5)CC4)c(F)n3)C2)cc1C(F)(F)F. The second kappa shape index (κ2) is 17.3. The van der Waals surface area contributed by atoms with E-state index < -0.39 is 41.0 Å². The van der Waals surface area contributed by atoms with Crippen LogP contribution < -0.4 is 30.7 Å². The van der Waals surface area contributed by atoms with Crippen LogP contribution in [-0.2, 0) is 23.9 Å². The highest BCUT2D eigenvalue weighted by Crippen LogP contribution is 2.36. The van der Waals surface area contributed by atoms with Crippen molar-refractivity contribution in [3.63, 3.8) is 0 Å². The van der Waals surface area contributed by atoms with E-state index in [0.717, 1.165) is 44.6 Å². The standard InChI is InChI=1S/C42H42F5N11O3/c43-33-20-29(58-18-12-37(59)54-41(58)61)3-5-35(33)56-15-7-25(8-16-56)22-55-13-9-27(10-14-55)51-40(60)31-4-6-36(52-38(31)44)53-39-30-11-17-57(23-34(30)49-24-50-39)28-2-1-26(21-48)32(19-28)42(45,46)47/h1-6,19-20,24-25,27H,7-18,22-23H2,(H,51,60)(H,54,59,61)(H,49,50,52,53). The molecule has 0 radical (unpaired) electrons. The highest BCUT2D eigenvalue weighted by atomic mass is 19.4. The van der Waals surface area contributed by atoms with Crippen molar-refractivity contribution in [1.82, 2.24) is 30.5 Å². The fraction of sp³-hybridized carbons (Fsp3) is 0.405. The Bertz CT molecular complexity index is 2380. The average molecular weight is 844 g/mol. The molecule has 14 nitrogen and oxygen atoms in total. The monoisotopic (exact) mass is 843 g/mol. The third-order valence-electron chi connectivity index (χ3n) is 11.8. The molecule has 2 aromatic heterocycles. The van der Waals surface area contributed by atoms with Gasteiger partial charge in [-0.25, -0.2) is 24.1 Å². The molecule has 0 atom stereocenters. The smallest absolute Gasteiger partial charge is 0.369 e. The number of urea groups is 1. The number of fused-ring (bicyclic) bond motifs is 1. The van der Waals surface area contributed by atoms with Crippen molar-refractivity contribution in [3.8, 4) is 6.07 Å². The van der Waals surface area contributed by atoms with Crippen molar-refractivity contribution in [3.05, 3.63) is 94.6 Å². The Morgan fingerprint density at radius 1 is 0.885 bits per heavy atom. The topological polar surface area (TPSA) is 163 Å². The maximum atomic E-state index is 15.3. The van der Waals surface area contributed by atoms with Crippen LogP contribution in [0.1, 0.15) is 64.8 Å². The first-order valence-electron chi connectivity index (χ1n) is 20.1. The number of aromatic nitrogens is 3. The van der Waals surface area contributed by atoms with Crippen LogP contribution >= 0.6 is 0 Å². The highest BCUT2D eigenvalue weighted by molar-refractivity contribution is 6.05. The van der Waals surface area contributed by atoms with Gasteiger partial charge in [-0.2, -0.15) is 22.8 Å².